The number of aryl methyl sites for hydroxylation is 1. The Bertz CT molecular complexity index is 686. The van der Waals surface area contributed by atoms with Crippen molar-refractivity contribution >= 4 is 11.9 Å². The number of hydrogen-bond acceptors (Lipinski definition) is 6. The number of nitriles is 1. The van der Waals surface area contributed by atoms with E-state index in [1.807, 2.05) is 37.4 Å². The van der Waals surface area contributed by atoms with Gasteiger partial charge >= 0.3 is 5.97 Å². The molecule has 1 aromatic rings. The van der Waals surface area contributed by atoms with Gasteiger partial charge in [-0.25, -0.2) is 9.79 Å². The zero-order valence-electron chi connectivity index (χ0n) is 12.8. The number of ether oxygens (including phenoxy) is 1. The molecule has 0 unspecified atom stereocenters. The summed E-state index contributed by atoms with van der Waals surface area (Å²) in [6.07, 6.45) is 1.83. The summed E-state index contributed by atoms with van der Waals surface area (Å²) < 4.78 is 5.15. The normalized spacial score (nSPS) is 17.2. The van der Waals surface area contributed by atoms with E-state index in [0.717, 1.165) is 11.1 Å². The molecule has 2 N–H and O–H groups in total. The van der Waals surface area contributed by atoms with Crippen LogP contribution < -0.4 is 10.6 Å². The molecule has 114 valence electrons. The lowest BCUT2D eigenvalue weighted by molar-refractivity contribution is -0.138. The molecule has 1 aromatic carbocycles. The predicted octanol–water partition coefficient (Wildman–Crippen LogP) is 1.90. The smallest absolute Gasteiger partial charge is 0.338 e. The van der Waals surface area contributed by atoms with Crippen LogP contribution in [0.3, 0.4) is 0 Å². The fourth-order valence-electron chi connectivity index (χ4n) is 2.38. The second kappa shape index (κ2) is 6.76. The van der Waals surface area contributed by atoms with Crippen molar-refractivity contribution in [3.63, 3.8) is 0 Å². The zero-order valence-corrected chi connectivity index (χ0v) is 12.8. The highest BCUT2D eigenvalue weighted by Gasteiger charge is 2.30. The first-order chi connectivity index (χ1) is 10.6. The number of hydrogen-bond donors (Lipinski definition) is 2. The van der Waals surface area contributed by atoms with Crippen molar-refractivity contribution in [3.05, 3.63) is 46.7 Å². The maximum Gasteiger partial charge on any atom is 0.338 e. The summed E-state index contributed by atoms with van der Waals surface area (Å²) >= 11 is 0. The Hall–Kier alpha value is -2.81. The van der Waals surface area contributed by atoms with E-state index in [1.54, 1.807) is 13.8 Å². The number of nitrogens with zero attached hydrogens (tertiary/aromatic N) is 2. The first kappa shape index (κ1) is 15.6. The lowest BCUT2D eigenvalue weighted by Gasteiger charge is -2.26. The van der Waals surface area contributed by atoms with Gasteiger partial charge in [-0.1, -0.05) is 24.3 Å². The molecule has 0 saturated carbocycles. The summed E-state index contributed by atoms with van der Waals surface area (Å²) in [4.78, 5) is 16.7. The van der Waals surface area contributed by atoms with E-state index in [4.69, 9.17) is 10.00 Å². The molecule has 1 aliphatic heterocycles. The molecule has 0 aliphatic carbocycles. The van der Waals surface area contributed by atoms with Gasteiger partial charge in [0.05, 0.1) is 12.2 Å². The van der Waals surface area contributed by atoms with Gasteiger partial charge in [-0.3, -0.25) is 5.32 Å². The van der Waals surface area contributed by atoms with Gasteiger partial charge in [-0.05, 0) is 31.9 Å². The van der Waals surface area contributed by atoms with Gasteiger partial charge < -0.3 is 10.1 Å². The molecular weight excluding hydrogens is 280 g/mol. The molecule has 6 heteroatoms. The molecular formula is C16H18N4O2. The van der Waals surface area contributed by atoms with Gasteiger partial charge in [0.15, 0.2) is 6.19 Å². The number of esters is 1. The van der Waals surface area contributed by atoms with E-state index in [1.165, 1.54) is 0 Å². The standard InChI is InChI=1S/C16H18N4O2/c1-4-22-15(21)13-11(3)19-16(18-9-17)20-14(13)12-8-6-5-7-10(12)2/h5-8,14H,4H2,1-3H3,(H2,18,19,20)/t14-/m0/s1. The molecule has 22 heavy (non-hydrogen) atoms. The molecule has 1 atom stereocenters. The van der Waals surface area contributed by atoms with E-state index < -0.39 is 12.0 Å². The van der Waals surface area contributed by atoms with Crippen molar-refractivity contribution in [3.8, 4) is 6.19 Å². The second-order valence-electron chi connectivity index (χ2n) is 4.86. The maximum atomic E-state index is 12.3. The van der Waals surface area contributed by atoms with Crippen LogP contribution in [0.2, 0.25) is 0 Å². The highest BCUT2D eigenvalue weighted by atomic mass is 16.5. The molecule has 0 amide bonds. The lowest BCUT2D eigenvalue weighted by atomic mass is 9.93. The molecule has 0 aromatic heterocycles. The van der Waals surface area contributed by atoms with Gasteiger partial charge in [0.2, 0.25) is 5.96 Å². The number of allylic oxidation sites excluding steroid dienone is 1. The first-order valence-corrected chi connectivity index (χ1v) is 7.01. The van der Waals surface area contributed by atoms with E-state index in [2.05, 4.69) is 15.6 Å². The van der Waals surface area contributed by atoms with Crippen molar-refractivity contribution in [1.82, 2.24) is 10.6 Å². The van der Waals surface area contributed by atoms with Crippen LogP contribution in [0.15, 0.2) is 40.5 Å². The van der Waals surface area contributed by atoms with Crippen molar-refractivity contribution in [2.24, 2.45) is 4.99 Å². The number of aliphatic imine (C=N–C) groups is 1. The quantitative estimate of drug-likeness (QED) is 0.505. The van der Waals surface area contributed by atoms with Gasteiger partial charge in [-0.2, -0.15) is 5.26 Å². The van der Waals surface area contributed by atoms with Crippen molar-refractivity contribution < 1.29 is 9.53 Å². The van der Waals surface area contributed by atoms with Crippen LogP contribution in [0.1, 0.15) is 31.0 Å². The number of rotatable bonds is 3. The Morgan fingerprint density at radius 1 is 1.45 bits per heavy atom. The number of benzene rings is 1. The first-order valence-electron chi connectivity index (χ1n) is 7.01. The largest absolute Gasteiger partial charge is 0.463 e. The van der Waals surface area contributed by atoms with Crippen LogP contribution in [-0.4, -0.2) is 18.5 Å². The van der Waals surface area contributed by atoms with Crippen molar-refractivity contribution in [2.75, 3.05) is 6.61 Å². The molecule has 2 rings (SSSR count). The van der Waals surface area contributed by atoms with Gasteiger partial charge in [0, 0.05) is 5.70 Å². The van der Waals surface area contributed by atoms with Crippen molar-refractivity contribution in [2.45, 2.75) is 26.8 Å². The Morgan fingerprint density at radius 3 is 2.82 bits per heavy atom. The van der Waals surface area contributed by atoms with E-state index >= 15 is 0 Å². The SMILES string of the molecule is CCOC(=O)C1=C(C)NC(NC#N)=N[C@H]1c1ccccc1C. The lowest BCUT2D eigenvalue weighted by Crippen LogP contribution is -2.39. The highest BCUT2D eigenvalue weighted by Crippen LogP contribution is 2.32. The van der Waals surface area contributed by atoms with Crippen LogP contribution in [-0.2, 0) is 9.53 Å². The molecule has 6 nitrogen and oxygen atoms in total. The Kier molecular flexibility index (Phi) is 4.79. The summed E-state index contributed by atoms with van der Waals surface area (Å²) in [5.74, 6) is -0.0817. The zero-order chi connectivity index (χ0) is 16.1. The minimum Gasteiger partial charge on any atom is -0.463 e. The molecule has 1 aliphatic rings. The molecule has 0 saturated heterocycles. The van der Waals surface area contributed by atoms with Crippen LogP contribution in [0.25, 0.3) is 0 Å². The topological polar surface area (TPSA) is 86.5 Å². The third kappa shape index (κ3) is 3.09. The number of carbonyl (C=O) groups is 1. The summed E-state index contributed by atoms with van der Waals surface area (Å²) in [7, 11) is 0. The number of nitrogens with one attached hydrogen (secondary N) is 2. The van der Waals surface area contributed by atoms with Gasteiger partial charge in [0.1, 0.15) is 6.04 Å². The molecule has 0 bridgehead atoms. The second-order valence-corrected chi connectivity index (χ2v) is 4.86. The average Bonchev–Trinajstić information content (AvgIpc) is 2.47. The van der Waals surface area contributed by atoms with Crippen LogP contribution in [0.4, 0.5) is 0 Å². The molecule has 0 radical (unpaired) electrons. The van der Waals surface area contributed by atoms with Gasteiger partial charge in [-0.15, -0.1) is 0 Å². The predicted molar refractivity (Wildman–Crippen MR) is 82.6 cm³/mol. The third-order valence-corrected chi connectivity index (χ3v) is 3.39. The monoisotopic (exact) mass is 298 g/mol. The molecule has 0 fully saturated rings. The third-order valence-electron chi connectivity index (χ3n) is 3.39. The van der Waals surface area contributed by atoms with Crippen molar-refractivity contribution in [1.29, 1.82) is 5.26 Å². The van der Waals surface area contributed by atoms with E-state index in [-0.39, 0.29) is 0 Å². The summed E-state index contributed by atoms with van der Waals surface area (Å²) in [6.45, 7) is 5.79. The van der Waals surface area contributed by atoms with E-state index in [9.17, 15) is 4.79 Å². The molecule has 1 heterocycles. The minimum atomic E-state index is -0.502. The van der Waals surface area contributed by atoms with Crippen LogP contribution in [0, 0.1) is 18.4 Å². The Morgan fingerprint density at radius 2 is 2.18 bits per heavy atom. The number of carbonyl (C=O) groups excluding carboxylic acids is 1. The Balaban J connectivity index is 2.51. The fourth-order valence-corrected chi connectivity index (χ4v) is 2.38. The summed E-state index contributed by atoms with van der Waals surface area (Å²) in [5.41, 5.74) is 3.01. The van der Waals surface area contributed by atoms with Gasteiger partial charge in [0.25, 0.3) is 0 Å². The van der Waals surface area contributed by atoms with Crippen LogP contribution in [0.5, 0.6) is 0 Å². The minimum absolute atomic E-state index is 0.295. The van der Waals surface area contributed by atoms with E-state index in [0.29, 0.717) is 23.8 Å². The Labute approximate surface area is 129 Å². The van der Waals surface area contributed by atoms with Crippen LogP contribution >= 0.6 is 0 Å². The number of guanidine groups is 1. The summed E-state index contributed by atoms with van der Waals surface area (Å²) in [6, 6.07) is 7.21. The summed E-state index contributed by atoms with van der Waals surface area (Å²) in [5, 5.41) is 14.2. The fraction of sp³-hybridized carbons (Fsp3) is 0.312. The maximum absolute atomic E-state index is 12.3. The highest BCUT2D eigenvalue weighted by molar-refractivity contribution is 5.95. The molecule has 0 spiro atoms. The average molecular weight is 298 g/mol.